The molecular formula is C20H19N5O2. The van der Waals surface area contributed by atoms with Crippen molar-refractivity contribution in [3.63, 3.8) is 0 Å². The summed E-state index contributed by atoms with van der Waals surface area (Å²) < 4.78 is 2.22. The average Bonchev–Trinajstić information content (AvgIpc) is 3.00. The van der Waals surface area contributed by atoms with Gasteiger partial charge in [-0.25, -0.2) is 4.98 Å². The van der Waals surface area contributed by atoms with Gasteiger partial charge in [-0.15, -0.1) is 0 Å². The van der Waals surface area contributed by atoms with E-state index in [0.29, 0.717) is 5.39 Å². The summed E-state index contributed by atoms with van der Waals surface area (Å²) in [7, 11) is 0. The Labute approximate surface area is 155 Å². The van der Waals surface area contributed by atoms with Crippen LogP contribution in [-0.4, -0.2) is 26.0 Å². The fraction of sp³-hybridized carbons (Fsp3) is 0.200. The summed E-state index contributed by atoms with van der Waals surface area (Å²) in [6.07, 6.45) is 4.10. The minimum atomic E-state index is -0.374. The third kappa shape index (κ3) is 3.19. The van der Waals surface area contributed by atoms with Crippen molar-refractivity contribution in [2.24, 2.45) is 0 Å². The molecule has 4 rings (SSSR count). The second-order valence-electron chi connectivity index (χ2n) is 6.39. The summed E-state index contributed by atoms with van der Waals surface area (Å²) in [5.74, 6) is 1.00. The number of nitrogens with one attached hydrogen (secondary N) is 1. The van der Waals surface area contributed by atoms with E-state index in [4.69, 9.17) is 0 Å². The summed E-state index contributed by atoms with van der Waals surface area (Å²) >= 11 is 0. The predicted molar refractivity (Wildman–Crippen MR) is 106 cm³/mol. The van der Waals surface area contributed by atoms with E-state index in [9.17, 15) is 10.1 Å². The first-order valence-corrected chi connectivity index (χ1v) is 8.82. The van der Waals surface area contributed by atoms with Crippen LogP contribution in [0.15, 0.2) is 54.9 Å². The van der Waals surface area contributed by atoms with E-state index >= 15 is 0 Å². The van der Waals surface area contributed by atoms with Crippen molar-refractivity contribution in [3.05, 3.63) is 70.8 Å². The standard InChI is InChI=1S/C20H19N5O2/c1-14-23-18-5-2-3-6-20(18)24(14)12-4-10-22-17-7-8-19(25(26)27)16-13-21-11-9-15(16)17/h2-3,5-9,11,13,22H,4,10,12H2,1H3. The van der Waals surface area contributed by atoms with Gasteiger partial charge in [-0.05, 0) is 37.6 Å². The number of nitro groups is 1. The number of pyridine rings is 1. The molecule has 0 aliphatic rings. The summed E-state index contributed by atoms with van der Waals surface area (Å²) in [4.78, 5) is 19.4. The quantitative estimate of drug-likeness (QED) is 0.314. The number of hydrogen-bond acceptors (Lipinski definition) is 5. The predicted octanol–water partition coefficient (Wildman–Crippen LogP) is 4.30. The Balaban J connectivity index is 1.49. The second kappa shape index (κ2) is 7.03. The van der Waals surface area contributed by atoms with Crippen LogP contribution in [0.1, 0.15) is 12.2 Å². The fourth-order valence-electron chi connectivity index (χ4n) is 3.43. The van der Waals surface area contributed by atoms with E-state index in [1.54, 1.807) is 24.5 Å². The number of aryl methyl sites for hydroxylation is 2. The first-order valence-electron chi connectivity index (χ1n) is 8.82. The molecule has 0 saturated heterocycles. The van der Waals surface area contributed by atoms with Crippen molar-refractivity contribution in [2.75, 3.05) is 11.9 Å². The van der Waals surface area contributed by atoms with E-state index in [0.717, 1.165) is 47.4 Å². The van der Waals surface area contributed by atoms with E-state index < -0.39 is 0 Å². The van der Waals surface area contributed by atoms with Crippen molar-refractivity contribution in [1.29, 1.82) is 0 Å². The van der Waals surface area contributed by atoms with Crippen LogP contribution < -0.4 is 5.32 Å². The van der Waals surface area contributed by atoms with Crippen LogP contribution in [0.25, 0.3) is 21.8 Å². The molecule has 0 aliphatic heterocycles. The van der Waals surface area contributed by atoms with Crippen molar-refractivity contribution >= 4 is 33.2 Å². The van der Waals surface area contributed by atoms with Crippen molar-refractivity contribution in [3.8, 4) is 0 Å². The average molecular weight is 361 g/mol. The molecule has 2 aromatic heterocycles. The lowest BCUT2D eigenvalue weighted by molar-refractivity contribution is -0.383. The number of non-ortho nitro benzene ring substituents is 1. The second-order valence-corrected chi connectivity index (χ2v) is 6.39. The molecule has 7 nitrogen and oxygen atoms in total. The van der Waals surface area contributed by atoms with Crippen LogP contribution in [0.2, 0.25) is 0 Å². The van der Waals surface area contributed by atoms with Crippen LogP contribution >= 0.6 is 0 Å². The Bertz CT molecular complexity index is 1140. The highest BCUT2D eigenvalue weighted by Gasteiger charge is 2.14. The molecule has 0 atom stereocenters. The topological polar surface area (TPSA) is 85.9 Å². The number of aromatic nitrogens is 3. The Morgan fingerprint density at radius 2 is 2.00 bits per heavy atom. The highest BCUT2D eigenvalue weighted by molar-refractivity contribution is 5.99. The van der Waals surface area contributed by atoms with Gasteiger partial charge in [0.1, 0.15) is 5.82 Å². The lowest BCUT2D eigenvalue weighted by Crippen LogP contribution is -2.08. The van der Waals surface area contributed by atoms with E-state index in [2.05, 4.69) is 25.9 Å². The molecule has 0 fully saturated rings. The molecule has 0 spiro atoms. The summed E-state index contributed by atoms with van der Waals surface area (Å²) in [6, 6.07) is 13.2. The maximum absolute atomic E-state index is 11.2. The van der Waals surface area contributed by atoms with Gasteiger partial charge in [-0.3, -0.25) is 15.1 Å². The Morgan fingerprint density at radius 3 is 2.85 bits per heavy atom. The molecule has 2 heterocycles. The van der Waals surface area contributed by atoms with Gasteiger partial charge in [0.25, 0.3) is 5.69 Å². The monoisotopic (exact) mass is 361 g/mol. The minimum absolute atomic E-state index is 0.0733. The van der Waals surface area contributed by atoms with Crippen molar-refractivity contribution in [2.45, 2.75) is 19.9 Å². The zero-order valence-corrected chi connectivity index (χ0v) is 14.9. The van der Waals surface area contributed by atoms with Crippen LogP contribution in [0.4, 0.5) is 11.4 Å². The third-order valence-corrected chi connectivity index (χ3v) is 4.71. The summed E-state index contributed by atoms with van der Waals surface area (Å²) in [5, 5.41) is 16.0. The SMILES string of the molecule is Cc1nc2ccccc2n1CCCNc1ccc([N+](=O)[O-])c2cnccc12. The van der Waals surface area contributed by atoms with Gasteiger partial charge in [0.05, 0.1) is 21.3 Å². The molecule has 0 aliphatic carbocycles. The largest absolute Gasteiger partial charge is 0.384 e. The number of nitrogens with zero attached hydrogens (tertiary/aromatic N) is 4. The van der Waals surface area contributed by atoms with Crippen molar-refractivity contribution < 1.29 is 4.92 Å². The molecule has 0 bridgehead atoms. The van der Waals surface area contributed by atoms with Gasteiger partial charge in [0.2, 0.25) is 0 Å². The summed E-state index contributed by atoms with van der Waals surface area (Å²) in [5.41, 5.74) is 3.10. The Kier molecular flexibility index (Phi) is 4.42. The molecule has 1 N–H and O–H groups in total. The van der Waals surface area contributed by atoms with Crippen molar-refractivity contribution in [1.82, 2.24) is 14.5 Å². The molecular weight excluding hydrogens is 342 g/mol. The molecule has 136 valence electrons. The number of rotatable bonds is 6. The normalized spacial score (nSPS) is 11.1. The zero-order valence-electron chi connectivity index (χ0n) is 14.9. The van der Waals surface area contributed by atoms with Gasteiger partial charge in [0, 0.05) is 42.6 Å². The molecule has 0 saturated carbocycles. The first-order chi connectivity index (χ1) is 13.1. The molecule has 27 heavy (non-hydrogen) atoms. The van der Waals surface area contributed by atoms with Crippen LogP contribution in [0.5, 0.6) is 0 Å². The molecule has 2 aromatic carbocycles. The number of fused-ring (bicyclic) bond motifs is 2. The molecule has 0 radical (unpaired) electrons. The van der Waals surface area contributed by atoms with Gasteiger partial charge < -0.3 is 9.88 Å². The highest BCUT2D eigenvalue weighted by atomic mass is 16.6. The Hall–Kier alpha value is -3.48. The minimum Gasteiger partial charge on any atom is -0.384 e. The van der Waals surface area contributed by atoms with Gasteiger partial charge >= 0.3 is 0 Å². The Morgan fingerprint density at radius 1 is 1.15 bits per heavy atom. The van der Waals surface area contributed by atoms with E-state index in [1.807, 2.05) is 25.1 Å². The number of anilines is 1. The molecule has 7 heteroatoms. The maximum Gasteiger partial charge on any atom is 0.278 e. The zero-order chi connectivity index (χ0) is 18.8. The third-order valence-electron chi connectivity index (χ3n) is 4.71. The van der Waals surface area contributed by atoms with Crippen LogP contribution in [-0.2, 0) is 6.54 Å². The van der Waals surface area contributed by atoms with Gasteiger partial charge in [-0.2, -0.15) is 0 Å². The number of imidazole rings is 1. The van der Waals surface area contributed by atoms with Crippen LogP contribution in [0.3, 0.4) is 0 Å². The highest BCUT2D eigenvalue weighted by Crippen LogP contribution is 2.30. The maximum atomic E-state index is 11.2. The van der Waals surface area contributed by atoms with Gasteiger partial charge in [0.15, 0.2) is 0 Å². The number of para-hydroxylation sites is 2. The van der Waals surface area contributed by atoms with E-state index in [-0.39, 0.29) is 10.6 Å². The summed E-state index contributed by atoms with van der Waals surface area (Å²) in [6.45, 7) is 3.62. The fourth-order valence-corrected chi connectivity index (χ4v) is 3.43. The first kappa shape index (κ1) is 17.0. The number of hydrogen-bond donors (Lipinski definition) is 1. The van der Waals surface area contributed by atoms with E-state index in [1.165, 1.54) is 6.07 Å². The van der Waals surface area contributed by atoms with Crippen LogP contribution in [0, 0.1) is 17.0 Å². The molecule has 4 aromatic rings. The number of nitro benzene ring substituents is 1. The number of benzene rings is 2. The lowest BCUT2D eigenvalue weighted by Gasteiger charge is -2.11. The smallest absolute Gasteiger partial charge is 0.278 e. The molecule has 0 unspecified atom stereocenters. The molecule has 0 amide bonds. The van der Waals surface area contributed by atoms with Gasteiger partial charge in [-0.1, -0.05) is 12.1 Å². The lowest BCUT2D eigenvalue weighted by atomic mass is 10.1.